The molecule has 0 saturated heterocycles. The number of pyridine rings is 1. The SMILES string of the molecule is COCCNC(=O)c1ccc(Oc2ccc(NS(=O)(=O)c3ccccc3)cc2)nc1. The first-order valence-electron chi connectivity index (χ1n) is 9.07. The fourth-order valence-corrected chi connectivity index (χ4v) is 3.55. The molecule has 0 aliphatic heterocycles. The zero-order valence-corrected chi connectivity index (χ0v) is 17.1. The fraction of sp³-hybridized carbons (Fsp3) is 0.143. The molecule has 1 heterocycles. The quantitative estimate of drug-likeness (QED) is 0.509. The van der Waals surface area contributed by atoms with Crippen LogP contribution in [0.2, 0.25) is 0 Å². The van der Waals surface area contributed by atoms with Crippen molar-refractivity contribution < 1.29 is 22.7 Å². The van der Waals surface area contributed by atoms with Crippen molar-refractivity contribution in [2.45, 2.75) is 4.90 Å². The first kappa shape index (κ1) is 21.3. The van der Waals surface area contributed by atoms with Crippen LogP contribution in [0.15, 0.2) is 77.8 Å². The molecule has 8 nitrogen and oxygen atoms in total. The van der Waals surface area contributed by atoms with E-state index in [0.29, 0.717) is 36.0 Å². The smallest absolute Gasteiger partial charge is 0.261 e. The molecule has 1 amide bonds. The number of carbonyl (C=O) groups is 1. The number of rotatable bonds is 9. The van der Waals surface area contributed by atoms with Crippen LogP contribution >= 0.6 is 0 Å². The van der Waals surface area contributed by atoms with Crippen LogP contribution in [0.4, 0.5) is 5.69 Å². The number of benzene rings is 2. The maximum Gasteiger partial charge on any atom is 0.261 e. The summed E-state index contributed by atoms with van der Waals surface area (Å²) in [6.45, 7) is 0.839. The fourth-order valence-electron chi connectivity index (χ4n) is 2.47. The largest absolute Gasteiger partial charge is 0.439 e. The van der Waals surface area contributed by atoms with Gasteiger partial charge in [-0.25, -0.2) is 13.4 Å². The number of carbonyl (C=O) groups excluding carboxylic acids is 1. The lowest BCUT2D eigenvalue weighted by Crippen LogP contribution is -2.26. The number of sulfonamides is 1. The lowest BCUT2D eigenvalue weighted by Gasteiger charge is -2.09. The van der Waals surface area contributed by atoms with Gasteiger partial charge in [-0.3, -0.25) is 9.52 Å². The lowest BCUT2D eigenvalue weighted by atomic mass is 10.2. The first-order chi connectivity index (χ1) is 14.5. The monoisotopic (exact) mass is 427 g/mol. The van der Waals surface area contributed by atoms with E-state index in [4.69, 9.17) is 9.47 Å². The van der Waals surface area contributed by atoms with Crippen molar-refractivity contribution in [2.24, 2.45) is 0 Å². The van der Waals surface area contributed by atoms with Gasteiger partial charge in [0.25, 0.3) is 15.9 Å². The van der Waals surface area contributed by atoms with Crippen molar-refractivity contribution in [3.05, 3.63) is 78.5 Å². The first-order valence-corrected chi connectivity index (χ1v) is 10.6. The minimum atomic E-state index is -3.66. The van der Waals surface area contributed by atoms with Gasteiger partial charge in [-0.2, -0.15) is 0 Å². The third kappa shape index (κ3) is 5.79. The standard InChI is InChI=1S/C21H21N3O5S/c1-28-14-13-22-21(25)16-7-12-20(23-15-16)29-18-10-8-17(9-11-18)24-30(26,27)19-5-3-2-4-6-19/h2-12,15,24H,13-14H2,1H3,(H,22,25). The minimum absolute atomic E-state index is 0.181. The Morgan fingerprint density at radius 2 is 1.73 bits per heavy atom. The van der Waals surface area contributed by atoms with Crippen molar-refractivity contribution in [1.29, 1.82) is 0 Å². The Bertz CT molecular complexity index is 1070. The summed E-state index contributed by atoms with van der Waals surface area (Å²) in [4.78, 5) is 16.2. The number of methoxy groups -OCH3 is 1. The zero-order chi connectivity index (χ0) is 21.4. The average molecular weight is 427 g/mol. The Labute approximate surface area is 174 Å². The summed E-state index contributed by atoms with van der Waals surface area (Å²) in [5.41, 5.74) is 0.811. The van der Waals surface area contributed by atoms with Gasteiger partial charge in [0.15, 0.2) is 0 Å². The van der Waals surface area contributed by atoms with E-state index >= 15 is 0 Å². The van der Waals surface area contributed by atoms with Gasteiger partial charge in [0.2, 0.25) is 5.88 Å². The van der Waals surface area contributed by atoms with Gasteiger partial charge >= 0.3 is 0 Å². The van der Waals surface area contributed by atoms with Gasteiger partial charge in [-0.1, -0.05) is 18.2 Å². The number of hydrogen-bond donors (Lipinski definition) is 2. The number of aromatic nitrogens is 1. The zero-order valence-electron chi connectivity index (χ0n) is 16.2. The van der Waals surface area contributed by atoms with E-state index in [1.165, 1.54) is 18.3 Å². The van der Waals surface area contributed by atoms with Crippen LogP contribution in [0, 0.1) is 0 Å². The predicted molar refractivity (Wildman–Crippen MR) is 112 cm³/mol. The van der Waals surface area contributed by atoms with Gasteiger partial charge in [-0.05, 0) is 42.5 Å². The molecule has 0 atom stereocenters. The Hall–Kier alpha value is -3.43. The summed E-state index contributed by atoms with van der Waals surface area (Å²) in [5.74, 6) is 0.532. The number of hydrogen-bond acceptors (Lipinski definition) is 6. The van der Waals surface area contributed by atoms with Gasteiger partial charge in [0.1, 0.15) is 5.75 Å². The maximum atomic E-state index is 12.4. The highest BCUT2D eigenvalue weighted by Gasteiger charge is 2.13. The molecule has 0 aliphatic rings. The normalized spacial score (nSPS) is 11.0. The summed E-state index contributed by atoms with van der Waals surface area (Å²) >= 11 is 0. The number of nitrogens with one attached hydrogen (secondary N) is 2. The number of nitrogens with zero attached hydrogens (tertiary/aromatic N) is 1. The third-order valence-electron chi connectivity index (χ3n) is 3.97. The van der Waals surface area contributed by atoms with E-state index in [2.05, 4.69) is 15.0 Å². The molecule has 0 fully saturated rings. The van der Waals surface area contributed by atoms with Crippen molar-refractivity contribution in [3.63, 3.8) is 0 Å². The van der Waals surface area contributed by atoms with Crippen LogP contribution in [0.25, 0.3) is 0 Å². The van der Waals surface area contributed by atoms with Gasteiger partial charge < -0.3 is 14.8 Å². The van der Waals surface area contributed by atoms with Crippen molar-refractivity contribution in [2.75, 3.05) is 25.0 Å². The lowest BCUT2D eigenvalue weighted by molar-refractivity contribution is 0.0936. The summed E-state index contributed by atoms with van der Waals surface area (Å²) in [6, 6.07) is 17.7. The van der Waals surface area contributed by atoms with Crippen LogP contribution < -0.4 is 14.8 Å². The molecule has 0 saturated carbocycles. The minimum Gasteiger partial charge on any atom is -0.439 e. The molecule has 156 valence electrons. The van der Waals surface area contributed by atoms with Crippen molar-refractivity contribution >= 4 is 21.6 Å². The third-order valence-corrected chi connectivity index (χ3v) is 5.37. The number of anilines is 1. The molecule has 2 aromatic carbocycles. The molecule has 1 aromatic heterocycles. The topological polar surface area (TPSA) is 107 Å². The maximum absolute atomic E-state index is 12.4. The molecule has 9 heteroatoms. The predicted octanol–water partition coefficient (Wildman–Crippen LogP) is 3.05. The van der Waals surface area contributed by atoms with Crippen LogP contribution in [-0.4, -0.2) is 39.6 Å². The Balaban J connectivity index is 1.60. The molecule has 2 N–H and O–H groups in total. The van der Waals surface area contributed by atoms with Crippen LogP contribution in [0.1, 0.15) is 10.4 Å². The second-order valence-corrected chi connectivity index (χ2v) is 7.86. The molecular formula is C21H21N3O5S. The summed E-state index contributed by atoms with van der Waals surface area (Å²) in [7, 11) is -2.10. The van der Waals surface area contributed by atoms with Crippen LogP contribution in [0.5, 0.6) is 11.6 Å². The molecular weight excluding hydrogens is 406 g/mol. The Morgan fingerprint density at radius 3 is 2.37 bits per heavy atom. The van der Waals surface area contributed by atoms with Crippen LogP contribution in [0.3, 0.4) is 0 Å². The number of amides is 1. The average Bonchev–Trinajstić information content (AvgIpc) is 2.76. The molecule has 0 unspecified atom stereocenters. The summed E-state index contributed by atoms with van der Waals surface area (Å²) in [6.07, 6.45) is 1.42. The molecule has 0 aliphatic carbocycles. The van der Waals surface area contributed by atoms with E-state index in [9.17, 15) is 13.2 Å². The molecule has 3 aromatic rings. The molecule has 0 radical (unpaired) electrons. The highest BCUT2D eigenvalue weighted by molar-refractivity contribution is 7.92. The van der Waals surface area contributed by atoms with Gasteiger partial charge in [0, 0.05) is 31.6 Å². The Morgan fingerprint density at radius 1 is 1.00 bits per heavy atom. The molecule has 0 bridgehead atoms. The second kappa shape index (κ2) is 9.86. The van der Waals surface area contributed by atoms with E-state index < -0.39 is 10.0 Å². The Kier molecular flexibility index (Phi) is 6.99. The van der Waals surface area contributed by atoms with E-state index in [0.717, 1.165) is 0 Å². The molecule has 30 heavy (non-hydrogen) atoms. The summed E-state index contributed by atoms with van der Waals surface area (Å²) in [5, 5.41) is 2.70. The van der Waals surface area contributed by atoms with Crippen molar-refractivity contribution in [3.8, 4) is 11.6 Å². The van der Waals surface area contributed by atoms with Crippen molar-refractivity contribution in [1.82, 2.24) is 10.3 Å². The van der Waals surface area contributed by atoms with E-state index in [1.807, 2.05) is 0 Å². The van der Waals surface area contributed by atoms with E-state index in [-0.39, 0.29) is 10.8 Å². The highest BCUT2D eigenvalue weighted by Crippen LogP contribution is 2.23. The van der Waals surface area contributed by atoms with Crippen LogP contribution in [-0.2, 0) is 14.8 Å². The number of ether oxygens (including phenoxy) is 2. The molecule has 0 spiro atoms. The van der Waals surface area contributed by atoms with E-state index in [1.54, 1.807) is 61.7 Å². The highest BCUT2D eigenvalue weighted by atomic mass is 32.2. The summed E-state index contributed by atoms with van der Waals surface area (Å²) < 4.78 is 37.7. The van der Waals surface area contributed by atoms with Gasteiger partial charge in [-0.15, -0.1) is 0 Å². The second-order valence-electron chi connectivity index (χ2n) is 6.18. The molecule has 3 rings (SSSR count). The van der Waals surface area contributed by atoms with Gasteiger partial charge in [0.05, 0.1) is 17.1 Å².